The predicted molar refractivity (Wildman–Crippen MR) is 118 cm³/mol. The van der Waals surface area contributed by atoms with E-state index in [9.17, 15) is 9.59 Å². The SMILES string of the molecule is CCc1ccccc1NC(=O)C1(CNC(=O)O)CCN(c2ncnc3[nH]ccc23)CC1. The zero-order valence-electron chi connectivity index (χ0n) is 17.4. The number of hydrogen-bond acceptors (Lipinski definition) is 5. The van der Waals surface area contributed by atoms with Crippen molar-refractivity contribution in [3.05, 3.63) is 48.4 Å². The van der Waals surface area contributed by atoms with Crippen LogP contribution in [0.25, 0.3) is 11.0 Å². The summed E-state index contributed by atoms with van der Waals surface area (Å²) in [5.74, 6) is 0.666. The number of nitrogens with one attached hydrogen (secondary N) is 3. The Hall–Kier alpha value is -3.62. The Kier molecular flexibility index (Phi) is 5.75. The second-order valence-electron chi connectivity index (χ2n) is 7.83. The number of carbonyl (C=O) groups is 2. The Morgan fingerprint density at radius 3 is 2.71 bits per heavy atom. The lowest BCUT2D eigenvalue weighted by molar-refractivity contribution is -0.126. The molecule has 0 saturated carbocycles. The first-order valence-corrected chi connectivity index (χ1v) is 10.4. The number of benzene rings is 1. The third-order valence-electron chi connectivity index (χ3n) is 6.06. The monoisotopic (exact) mass is 422 g/mol. The van der Waals surface area contributed by atoms with Crippen LogP contribution in [0.5, 0.6) is 0 Å². The molecule has 3 heterocycles. The summed E-state index contributed by atoms with van der Waals surface area (Å²) >= 11 is 0. The van der Waals surface area contributed by atoms with Gasteiger partial charge in [-0.05, 0) is 37.0 Å². The van der Waals surface area contributed by atoms with Gasteiger partial charge >= 0.3 is 6.09 Å². The first-order valence-electron chi connectivity index (χ1n) is 10.4. The molecule has 0 radical (unpaired) electrons. The molecule has 0 atom stereocenters. The maximum atomic E-state index is 13.4. The summed E-state index contributed by atoms with van der Waals surface area (Å²) in [5.41, 5.74) is 1.76. The number of anilines is 2. The van der Waals surface area contributed by atoms with Gasteiger partial charge in [-0.25, -0.2) is 14.8 Å². The van der Waals surface area contributed by atoms with E-state index in [1.807, 2.05) is 43.5 Å². The molecule has 1 fully saturated rings. The van der Waals surface area contributed by atoms with Gasteiger partial charge in [-0.1, -0.05) is 25.1 Å². The van der Waals surface area contributed by atoms with Crippen molar-refractivity contribution >= 4 is 34.5 Å². The quantitative estimate of drug-likeness (QED) is 0.484. The zero-order chi connectivity index (χ0) is 21.8. The Morgan fingerprint density at radius 2 is 1.97 bits per heavy atom. The van der Waals surface area contributed by atoms with Crippen molar-refractivity contribution < 1.29 is 14.7 Å². The van der Waals surface area contributed by atoms with Gasteiger partial charge in [-0.2, -0.15) is 0 Å². The highest BCUT2D eigenvalue weighted by atomic mass is 16.4. The fraction of sp³-hybridized carbons (Fsp3) is 0.364. The number of piperidine rings is 1. The van der Waals surface area contributed by atoms with Gasteiger partial charge in [0.2, 0.25) is 5.91 Å². The fourth-order valence-electron chi connectivity index (χ4n) is 4.19. The molecule has 0 bridgehead atoms. The number of hydrogen-bond donors (Lipinski definition) is 4. The molecule has 2 amide bonds. The predicted octanol–water partition coefficient (Wildman–Crippen LogP) is 3.01. The molecule has 4 rings (SSSR count). The molecule has 1 saturated heterocycles. The summed E-state index contributed by atoms with van der Waals surface area (Å²) in [7, 11) is 0. The van der Waals surface area contributed by atoms with Crippen LogP contribution >= 0.6 is 0 Å². The lowest BCUT2D eigenvalue weighted by Crippen LogP contribution is -2.52. The standard InChI is InChI=1S/C22H26N6O3/c1-2-15-5-3-4-6-17(15)27-20(29)22(13-24-21(30)31)8-11-28(12-9-22)19-16-7-10-23-18(16)25-14-26-19/h3-7,10,14,24H,2,8-9,11-13H2,1H3,(H,27,29)(H,30,31)(H,23,25,26). The van der Waals surface area contributed by atoms with Gasteiger partial charge in [0, 0.05) is 31.5 Å². The van der Waals surface area contributed by atoms with E-state index in [1.54, 1.807) is 0 Å². The molecule has 31 heavy (non-hydrogen) atoms. The van der Waals surface area contributed by atoms with Crippen molar-refractivity contribution in [1.82, 2.24) is 20.3 Å². The van der Waals surface area contributed by atoms with Crippen molar-refractivity contribution in [3.8, 4) is 0 Å². The molecule has 4 N–H and O–H groups in total. The molecule has 0 spiro atoms. The number of aromatic amines is 1. The smallest absolute Gasteiger partial charge is 0.404 e. The van der Waals surface area contributed by atoms with E-state index in [0.717, 1.165) is 34.5 Å². The van der Waals surface area contributed by atoms with Crippen LogP contribution in [0.1, 0.15) is 25.3 Å². The van der Waals surface area contributed by atoms with Crippen molar-refractivity contribution in [1.29, 1.82) is 0 Å². The van der Waals surface area contributed by atoms with E-state index in [-0.39, 0.29) is 12.5 Å². The molecule has 9 nitrogen and oxygen atoms in total. The van der Waals surface area contributed by atoms with Gasteiger partial charge in [0.15, 0.2) is 0 Å². The van der Waals surface area contributed by atoms with Crippen LogP contribution < -0.4 is 15.5 Å². The Bertz CT molecular complexity index is 1090. The third-order valence-corrected chi connectivity index (χ3v) is 6.06. The summed E-state index contributed by atoms with van der Waals surface area (Å²) in [6.07, 6.45) is 4.02. The summed E-state index contributed by atoms with van der Waals surface area (Å²) in [4.78, 5) is 38.5. The minimum absolute atomic E-state index is 0.0691. The van der Waals surface area contributed by atoms with E-state index >= 15 is 0 Å². The first kappa shape index (κ1) is 20.6. The van der Waals surface area contributed by atoms with Gasteiger partial charge in [-0.3, -0.25) is 4.79 Å². The number of aryl methyl sites for hydroxylation is 1. The molecule has 2 aromatic heterocycles. The van der Waals surface area contributed by atoms with Gasteiger partial charge in [0.1, 0.15) is 17.8 Å². The van der Waals surface area contributed by atoms with E-state index < -0.39 is 11.5 Å². The normalized spacial score (nSPS) is 15.6. The Morgan fingerprint density at radius 1 is 1.19 bits per heavy atom. The third kappa shape index (κ3) is 4.16. The molecule has 0 unspecified atom stereocenters. The summed E-state index contributed by atoms with van der Waals surface area (Å²) in [5, 5.41) is 15.6. The zero-order valence-corrected chi connectivity index (χ0v) is 17.4. The molecule has 0 aliphatic carbocycles. The molecular formula is C22H26N6O3. The fourth-order valence-corrected chi connectivity index (χ4v) is 4.19. The average molecular weight is 422 g/mol. The largest absolute Gasteiger partial charge is 0.465 e. The highest BCUT2D eigenvalue weighted by Gasteiger charge is 2.42. The number of nitrogens with zero attached hydrogens (tertiary/aromatic N) is 3. The summed E-state index contributed by atoms with van der Waals surface area (Å²) in [6.45, 7) is 3.28. The summed E-state index contributed by atoms with van der Waals surface area (Å²) < 4.78 is 0. The van der Waals surface area contributed by atoms with Crippen molar-refractivity contribution in [2.75, 3.05) is 29.9 Å². The van der Waals surface area contributed by atoms with Gasteiger partial charge in [0.05, 0.1) is 10.8 Å². The molecule has 1 aliphatic heterocycles. The van der Waals surface area contributed by atoms with Crippen molar-refractivity contribution in [2.45, 2.75) is 26.2 Å². The van der Waals surface area contributed by atoms with Gasteiger partial charge in [-0.15, -0.1) is 0 Å². The number of amides is 2. The summed E-state index contributed by atoms with van der Waals surface area (Å²) in [6, 6.07) is 9.63. The van der Waals surface area contributed by atoms with Gasteiger partial charge in [0.25, 0.3) is 0 Å². The van der Waals surface area contributed by atoms with E-state index in [0.29, 0.717) is 25.9 Å². The van der Waals surface area contributed by atoms with Crippen LogP contribution in [0.4, 0.5) is 16.3 Å². The van der Waals surface area contributed by atoms with Crippen LogP contribution in [0.3, 0.4) is 0 Å². The molecule has 1 aliphatic rings. The minimum Gasteiger partial charge on any atom is -0.465 e. The van der Waals surface area contributed by atoms with Crippen molar-refractivity contribution in [2.24, 2.45) is 5.41 Å². The maximum absolute atomic E-state index is 13.4. The van der Waals surface area contributed by atoms with Crippen LogP contribution in [0.15, 0.2) is 42.9 Å². The van der Waals surface area contributed by atoms with E-state index in [2.05, 4.69) is 30.5 Å². The second-order valence-corrected chi connectivity index (χ2v) is 7.83. The number of H-pyrrole nitrogens is 1. The topological polar surface area (TPSA) is 123 Å². The van der Waals surface area contributed by atoms with Gasteiger partial charge < -0.3 is 25.6 Å². The molecular weight excluding hydrogens is 396 g/mol. The van der Waals surface area contributed by atoms with Crippen LogP contribution in [-0.4, -0.2) is 51.7 Å². The highest BCUT2D eigenvalue weighted by Crippen LogP contribution is 2.36. The number of carboxylic acid groups (broad SMARTS) is 1. The van der Waals surface area contributed by atoms with Crippen LogP contribution in [0, 0.1) is 5.41 Å². The number of aromatic nitrogens is 3. The van der Waals surface area contributed by atoms with Crippen LogP contribution in [0.2, 0.25) is 0 Å². The Labute approximate surface area is 179 Å². The lowest BCUT2D eigenvalue weighted by atomic mass is 9.77. The molecule has 1 aromatic carbocycles. The molecule has 3 aromatic rings. The second kappa shape index (κ2) is 8.63. The number of rotatable bonds is 6. The van der Waals surface area contributed by atoms with E-state index in [4.69, 9.17) is 5.11 Å². The highest BCUT2D eigenvalue weighted by molar-refractivity contribution is 5.97. The molecule has 162 valence electrons. The first-order chi connectivity index (χ1) is 15.0. The minimum atomic E-state index is -1.13. The average Bonchev–Trinajstić information content (AvgIpc) is 3.27. The van der Waals surface area contributed by atoms with Crippen LogP contribution in [-0.2, 0) is 11.2 Å². The van der Waals surface area contributed by atoms with Crippen molar-refractivity contribution in [3.63, 3.8) is 0 Å². The number of fused-ring (bicyclic) bond motifs is 1. The molecule has 9 heteroatoms. The lowest BCUT2D eigenvalue weighted by Gasteiger charge is -2.41. The number of para-hydroxylation sites is 1. The number of carbonyl (C=O) groups excluding carboxylic acids is 1. The Balaban J connectivity index is 1.55. The maximum Gasteiger partial charge on any atom is 0.404 e. The van der Waals surface area contributed by atoms with E-state index in [1.165, 1.54) is 6.33 Å².